The minimum atomic E-state index is -0.817. The first-order valence-corrected chi connectivity index (χ1v) is 10.4. The smallest absolute Gasteiger partial charge is 0.300 e. The molecule has 6 heteroatoms. The van der Waals surface area contributed by atoms with Crippen LogP contribution in [0.2, 0.25) is 0 Å². The first-order chi connectivity index (χ1) is 14.5. The van der Waals surface area contributed by atoms with Gasteiger partial charge in [0.2, 0.25) is 0 Å². The molecule has 1 aromatic heterocycles. The predicted octanol–water partition coefficient (Wildman–Crippen LogP) is 5.03. The van der Waals surface area contributed by atoms with Crippen molar-refractivity contribution in [3.05, 3.63) is 99.8 Å². The van der Waals surface area contributed by atoms with Crippen LogP contribution in [0.3, 0.4) is 0 Å². The molecule has 5 nitrogen and oxygen atoms in total. The molecule has 1 unspecified atom stereocenters. The number of aryl methyl sites for hydroxylation is 1. The number of aromatic nitrogens is 1. The number of carbonyl (C=O) groups excluding carboxylic acids is 2. The van der Waals surface area contributed by atoms with E-state index >= 15 is 0 Å². The van der Waals surface area contributed by atoms with Crippen LogP contribution in [0.15, 0.2) is 83.0 Å². The maximum absolute atomic E-state index is 13.0. The quantitative estimate of drug-likeness (QED) is 0.335. The minimum absolute atomic E-state index is 0.0283. The van der Waals surface area contributed by atoms with E-state index in [0.717, 1.165) is 16.5 Å². The molecule has 1 amide bonds. The van der Waals surface area contributed by atoms with Crippen molar-refractivity contribution in [1.29, 1.82) is 0 Å². The molecule has 0 bridgehead atoms. The van der Waals surface area contributed by atoms with Crippen LogP contribution in [-0.2, 0) is 16.0 Å². The number of aliphatic hydroxyl groups excluding tert-OH is 1. The summed E-state index contributed by atoms with van der Waals surface area (Å²) < 4.78 is 0.844. The highest BCUT2D eigenvalue weighted by Crippen LogP contribution is 2.41. The number of amides is 1. The lowest BCUT2D eigenvalue weighted by atomic mass is 9.98. The Morgan fingerprint density at radius 2 is 1.73 bits per heavy atom. The Bertz CT molecular complexity index is 1120. The van der Waals surface area contributed by atoms with E-state index in [1.54, 1.807) is 48.7 Å². The second-order valence-electron chi connectivity index (χ2n) is 6.95. The van der Waals surface area contributed by atoms with E-state index in [9.17, 15) is 14.7 Å². The summed E-state index contributed by atoms with van der Waals surface area (Å²) in [6.45, 7) is 2.05. The third kappa shape index (κ3) is 3.55. The van der Waals surface area contributed by atoms with Gasteiger partial charge in [0.15, 0.2) is 0 Å². The van der Waals surface area contributed by atoms with E-state index in [-0.39, 0.29) is 11.3 Å². The first-order valence-electron chi connectivity index (χ1n) is 9.58. The van der Waals surface area contributed by atoms with Crippen molar-refractivity contribution in [3.63, 3.8) is 0 Å². The van der Waals surface area contributed by atoms with E-state index in [4.69, 9.17) is 0 Å². The fourth-order valence-electron chi connectivity index (χ4n) is 3.57. The number of carbonyl (C=O) groups is 2. The van der Waals surface area contributed by atoms with Crippen LogP contribution in [0.1, 0.15) is 29.8 Å². The lowest BCUT2D eigenvalue weighted by Crippen LogP contribution is -2.29. The maximum atomic E-state index is 13.0. The molecule has 1 saturated heterocycles. The molecule has 3 aromatic rings. The van der Waals surface area contributed by atoms with Crippen molar-refractivity contribution < 1.29 is 14.7 Å². The largest absolute Gasteiger partial charge is 0.507 e. The number of ketones is 1. The summed E-state index contributed by atoms with van der Waals surface area (Å²) in [4.78, 5) is 31.9. The Labute approximate surface area is 182 Å². The summed E-state index contributed by atoms with van der Waals surface area (Å²) in [6, 6.07) is 18.9. The zero-order valence-electron chi connectivity index (χ0n) is 16.2. The standard InChI is InChI=1S/C24H19BrN2O3/c1-2-15-6-12-18(13-7-15)27-21(19-5-3-4-14-26-19)20(23(29)24(27)30)22(28)16-8-10-17(25)11-9-16/h3-14,21,28H,2H2,1H3/b22-20-. The molecule has 150 valence electrons. The van der Waals surface area contributed by atoms with Gasteiger partial charge in [-0.2, -0.15) is 0 Å². The summed E-state index contributed by atoms with van der Waals surface area (Å²) in [5, 5.41) is 11.0. The Hall–Kier alpha value is -3.25. The van der Waals surface area contributed by atoms with E-state index < -0.39 is 17.7 Å². The average Bonchev–Trinajstić information content (AvgIpc) is 3.05. The van der Waals surface area contributed by atoms with Gasteiger partial charge in [-0.05, 0) is 48.4 Å². The molecule has 4 rings (SSSR count). The van der Waals surface area contributed by atoms with Crippen molar-refractivity contribution in [2.45, 2.75) is 19.4 Å². The Morgan fingerprint density at radius 1 is 1.03 bits per heavy atom. The Kier molecular flexibility index (Phi) is 5.50. The second-order valence-corrected chi connectivity index (χ2v) is 7.87. The molecule has 1 atom stereocenters. The summed E-state index contributed by atoms with van der Waals surface area (Å²) in [7, 11) is 0. The fraction of sp³-hybridized carbons (Fsp3) is 0.125. The number of nitrogens with zero attached hydrogens (tertiary/aromatic N) is 2. The van der Waals surface area contributed by atoms with E-state index in [0.29, 0.717) is 16.9 Å². The number of anilines is 1. The van der Waals surface area contributed by atoms with Crippen LogP contribution < -0.4 is 4.90 Å². The first kappa shape index (κ1) is 20.0. The molecule has 0 radical (unpaired) electrons. The molecule has 30 heavy (non-hydrogen) atoms. The average molecular weight is 463 g/mol. The molecule has 1 fully saturated rings. The van der Waals surface area contributed by atoms with E-state index in [1.165, 1.54) is 4.90 Å². The minimum Gasteiger partial charge on any atom is -0.507 e. The summed E-state index contributed by atoms with van der Waals surface area (Å²) in [6.07, 6.45) is 2.47. The normalized spacial score (nSPS) is 18.1. The van der Waals surface area contributed by atoms with Crippen molar-refractivity contribution in [2.24, 2.45) is 0 Å². The molecule has 2 aromatic carbocycles. The number of aliphatic hydroxyl groups is 1. The van der Waals surface area contributed by atoms with Gasteiger partial charge in [-0.15, -0.1) is 0 Å². The monoisotopic (exact) mass is 462 g/mol. The number of rotatable bonds is 4. The molecule has 2 heterocycles. The van der Waals surface area contributed by atoms with Crippen LogP contribution in [0, 0.1) is 0 Å². The van der Waals surface area contributed by atoms with Gasteiger partial charge < -0.3 is 5.11 Å². The molecule has 0 spiro atoms. The lowest BCUT2D eigenvalue weighted by Gasteiger charge is -2.24. The van der Waals surface area contributed by atoms with Crippen LogP contribution in [-0.4, -0.2) is 21.8 Å². The molecular weight excluding hydrogens is 444 g/mol. The van der Waals surface area contributed by atoms with E-state index in [2.05, 4.69) is 20.9 Å². The van der Waals surface area contributed by atoms with E-state index in [1.807, 2.05) is 31.2 Å². The van der Waals surface area contributed by atoms with Crippen LogP contribution in [0.4, 0.5) is 5.69 Å². The van der Waals surface area contributed by atoms with Gasteiger partial charge in [0.25, 0.3) is 11.7 Å². The third-order valence-corrected chi connectivity index (χ3v) is 5.68. The van der Waals surface area contributed by atoms with Crippen molar-refractivity contribution in [1.82, 2.24) is 4.98 Å². The summed E-state index contributed by atoms with van der Waals surface area (Å²) in [5.74, 6) is -1.64. The zero-order chi connectivity index (χ0) is 21.3. The predicted molar refractivity (Wildman–Crippen MR) is 119 cm³/mol. The fourth-order valence-corrected chi connectivity index (χ4v) is 3.84. The van der Waals surface area contributed by atoms with Gasteiger partial charge >= 0.3 is 0 Å². The summed E-state index contributed by atoms with van der Waals surface area (Å²) >= 11 is 3.36. The number of Topliss-reactive ketones (excluding diaryl/α,β-unsaturated/α-hetero) is 1. The van der Waals surface area contributed by atoms with Gasteiger partial charge in [0, 0.05) is 21.9 Å². The zero-order valence-corrected chi connectivity index (χ0v) is 17.8. The van der Waals surface area contributed by atoms with Crippen molar-refractivity contribution in [2.75, 3.05) is 4.90 Å². The second kappa shape index (κ2) is 8.24. The van der Waals surface area contributed by atoms with Gasteiger partial charge in [-0.25, -0.2) is 0 Å². The van der Waals surface area contributed by atoms with Gasteiger partial charge in [0.1, 0.15) is 11.8 Å². The molecular formula is C24H19BrN2O3. The number of pyridine rings is 1. The number of halogens is 1. The number of benzene rings is 2. The van der Waals surface area contributed by atoms with Gasteiger partial charge in [-0.1, -0.05) is 53.2 Å². The third-order valence-electron chi connectivity index (χ3n) is 5.15. The number of hydrogen-bond donors (Lipinski definition) is 1. The van der Waals surface area contributed by atoms with Crippen LogP contribution in [0.25, 0.3) is 5.76 Å². The highest BCUT2D eigenvalue weighted by molar-refractivity contribution is 9.10. The van der Waals surface area contributed by atoms with Crippen LogP contribution in [0.5, 0.6) is 0 Å². The number of hydrogen-bond acceptors (Lipinski definition) is 4. The Balaban J connectivity index is 1.90. The Morgan fingerprint density at radius 3 is 2.33 bits per heavy atom. The summed E-state index contributed by atoms with van der Waals surface area (Å²) in [5.41, 5.74) is 2.70. The highest BCUT2D eigenvalue weighted by Gasteiger charge is 2.47. The van der Waals surface area contributed by atoms with Crippen molar-refractivity contribution >= 4 is 39.1 Å². The molecule has 0 aliphatic carbocycles. The SMILES string of the molecule is CCc1ccc(N2C(=O)C(=O)/C(=C(\O)c3ccc(Br)cc3)C2c2ccccn2)cc1. The molecule has 1 aliphatic heterocycles. The van der Waals surface area contributed by atoms with Gasteiger partial charge in [-0.3, -0.25) is 19.5 Å². The maximum Gasteiger partial charge on any atom is 0.300 e. The molecule has 0 saturated carbocycles. The topological polar surface area (TPSA) is 70.5 Å². The lowest BCUT2D eigenvalue weighted by molar-refractivity contribution is -0.132. The van der Waals surface area contributed by atoms with Crippen molar-refractivity contribution in [3.8, 4) is 0 Å². The molecule has 1 N–H and O–H groups in total. The van der Waals surface area contributed by atoms with Crippen LogP contribution >= 0.6 is 15.9 Å². The highest BCUT2D eigenvalue weighted by atomic mass is 79.9. The molecule has 1 aliphatic rings. The van der Waals surface area contributed by atoms with Gasteiger partial charge in [0.05, 0.1) is 11.3 Å².